The third-order valence-corrected chi connectivity index (χ3v) is 6.58. The van der Waals surface area contributed by atoms with E-state index >= 15 is 0 Å². The Balaban J connectivity index is 2.23. The number of carbonyl (C=O) groups is 3. The number of amides is 1. The van der Waals surface area contributed by atoms with Crippen molar-refractivity contribution < 1.29 is 33.3 Å². The lowest BCUT2D eigenvalue weighted by Crippen LogP contribution is -2.36. The Labute approximate surface area is 254 Å². The zero-order valence-corrected chi connectivity index (χ0v) is 25.7. The second-order valence-electron chi connectivity index (χ2n) is 10.7. The van der Waals surface area contributed by atoms with Crippen molar-refractivity contribution in [3.05, 3.63) is 108 Å². The molecule has 3 aromatic carbocycles. The zero-order valence-electron chi connectivity index (χ0n) is 25.7. The van der Waals surface area contributed by atoms with Crippen LogP contribution in [0.2, 0.25) is 0 Å². The highest BCUT2D eigenvalue weighted by Crippen LogP contribution is 2.41. The number of hydrogen-bond acceptors (Lipinski definition) is 7. The largest absolute Gasteiger partial charge is 0.497 e. The van der Waals surface area contributed by atoms with Crippen LogP contribution in [-0.2, 0) is 23.8 Å². The third-order valence-electron chi connectivity index (χ3n) is 6.58. The number of anilines is 1. The minimum absolute atomic E-state index is 0.103. The molecule has 0 fully saturated rings. The maximum atomic E-state index is 13.5. The van der Waals surface area contributed by atoms with Crippen molar-refractivity contribution in [3.8, 4) is 5.75 Å². The summed E-state index contributed by atoms with van der Waals surface area (Å²) in [5, 5.41) is 0. The second kappa shape index (κ2) is 15.6. The Morgan fingerprint density at radius 2 is 1.28 bits per heavy atom. The van der Waals surface area contributed by atoms with Crippen LogP contribution >= 0.6 is 0 Å². The van der Waals surface area contributed by atoms with Crippen LogP contribution in [-0.4, -0.2) is 44.0 Å². The van der Waals surface area contributed by atoms with Crippen molar-refractivity contribution in [2.24, 2.45) is 5.92 Å². The summed E-state index contributed by atoms with van der Waals surface area (Å²) in [6.07, 6.45) is 2.84. The molecule has 0 heterocycles. The van der Waals surface area contributed by atoms with Crippen molar-refractivity contribution in [2.45, 2.75) is 52.1 Å². The minimum atomic E-state index is -1.27. The molecule has 1 amide bonds. The maximum absolute atomic E-state index is 13.5. The van der Waals surface area contributed by atoms with E-state index in [2.05, 4.69) is 0 Å². The molecule has 0 saturated heterocycles. The maximum Gasteiger partial charge on any atom is 0.418 e. The van der Waals surface area contributed by atoms with Gasteiger partial charge in [0.1, 0.15) is 11.4 Å². The molecule has 0 N–H and O–H groups in total. The molecule has 0 radical (unpaired) electrons. The van der Waals surface area contributed by atoms with E-state index in [1.807, 2.05) is 66.7 Å². The number of carbonyl (C=O) groups excluding carboxylic acids is 3. The van der Waals surface area contributed by atoms with Crippen LogP contribution in [0, 0.1) is 5.92 Å². The molecule has 0 aliphatic carbocycles. The summed E-state index contributed by atoms with van der Waals surface area (Å²) in [7, 11) is 1.57. The van der Waals surface area contributed by atoms with Crippen LogP contribution in [0.4, 0.5) is 10.5 Å². The molecule has 8 nitrogen and oxygen atoms in total. The Morgan fingerprint density at radius 1 is 0.767 bits per heavy atom. The number of methoxy groups -OCH3 is 1. The van der Waals surface area contributed by atoms with E-state index in [0.29, 0.717) is 11.4 Å². The van der Waals surface area contributed by atoms with Crippen LogP contribution in [0.1, 0.15) is 57.6 Å². The van der Waals surface area contributed by atoms with Gasteiger partial charge in [0, 0.05) is 18.0 Å². The van der Waals surface area contributed by atoms with Gasteiger partial charge in [0.2, 0.25) is 0 Å². The third kappa shape index (κ3) is 9.20. The van der Waals surface area contributed by atoms with E-state index in [0.717, 1.165) is 11.1 Å². The molecule has 0 bridgehead atoms. The van der Waals surface area contributed by atoms with Crippen LogP contribution in [0.15, 0.2) is 97.2 Å². The summed E-state index contributed by atoms with van der Waals surface area (Å²) in [6.45, 7) is 8.98. The van der Waals surface area contributed by atoms with Gasteiger partial charge in [-0.05, 0) is 70.0 Å². The standard InChI is InChI=1S/C35H41NO7/c1-7-41-32(37)31(33(38)42-8-2)30(26-17-13-10-14-18-26)29(25-15-11-9-12-16-25)23-24-36(34(39)43-35(3,4)5)27-19-21-28(40-6)22-20-27/h9-24,29-31H,7-8H2,1-6H3/b24-23-/t29-,30-/m0/s1. The molecular formula is C35H41NO7. The normalized spacial score (nSPS) is 12.8. The lowest BCUT2D eigenvalue weighted by molar-refractivity contribution is -0.163. The van der Waals surface area contributed by atoms with Gasteiger partial charge in [-0.15, -0.1) is 0 Å². The fourth-order valence-corrected chi connectivity index (χ4v) is 4.73. The number of allylic oxidation sites excluding steroid dienone is 1. The van der Waals surface area contributed by atoms with E-state index in [4.69, 9.17) is 18.9 Å². The Kier molecular flexibility index (Phi) is 11.9. The highest BCUT2D eigenvalue weighted by Gasteiger charge is 2.42. The Bertz CT molecular complexity index is 1330. The van der Waals surface area contributed by atoms with Gasteiger partial charge in [0.25, 0.3) is 0 Å². The molecule has 3 aromatic rings. The quantitative estimate of drug-likeness (QED) is 0.125. The molecule has 0 saturated carbocycles. The minimum Gasteiger partial charge on any atom is -0.497 e. The second-order valence-corrected chi connectivity index (χ2v) is 10.7. The van der Waals surface area contributed by atoms with E-state index < -0.39 is 41.4 Å². The highest BCUT2D eigenvalue weighted by molar-refractivity contribution is 5.96. The first-order valence-corrected chi connectivity index (χ1v) is 14.4. The summed E-state index contributed by atoms with van der Waals surface area (Å²) < 4.78 is 21.9. The van der Waals surface area contributed by atoms with Gasteiger partial charge < -0.3 is 18.9 Å². The zero-order chi connectivity index (χ0) is 31.4. The SMILES string of the molecule is CCOC(=O)C(C(=O)OCC)[C@@H](c1ccccc1)[C@@H](/C=C\N(C(=O)OC(C)(C)C)c1ccc(OC)cc1)c1ccccc1. The highest BCUT2D eigenvalue weighted by atomic mass is 16.6. The lowest BCUT2D eigenvalue weighted by Gasteiger charge is -2.31. The molecule has 228 valence electrons. The van der Waals surface area contributed by atoms with E-state index in [-0.39, 0.29) is 13.2 Å². The fraction of sp³-hybridized carbons (Fsp3) is 0.343. The first-order chi connectivity index (χ1) is 20.6. The summed E-state index contributed by atoms with van der Waals surface area (Å²) in [5.41, 5.74) is 1.35. The first kappa shape index (κ1) is 32.9. The monoisotopic (exact) mass is 587 g/mol. The van der Waals surface area contributed by atoms with Crippen molar-refractivity contribution in [3.63, 3.8) is 0 Å². The molecule has 2 atom stereocenters. The first-order valence-electron chi connectivity index (χ1n) is 14.4. The van der Waals surface area contributed by atoms with E-state index in [9.17, 15) is 14.4 Å². The summed E-state index contributed by atoms with van der Waals surface area (Å²) >= 11 is 0. The number of nitrogens with zero attached hydrogens (tertiary/aromatic N) is 1. The molecule has 0 aromatic heterocycles. The number of hydrogen-bond donors (Lipinski definition) is 0. The number of esters is 2. The molecular weight excluding hydrogens is 546 g/mol. The average Bonchev–Trinajstić information content (AvgIpc) is 2.99. The van der Waals surface area contributed by atoms with Gasteiger partial charge in [-0.25, -0.2) is 4.79 Å². The molecule has 0 aliphatic rings. The summed E-state index contributed by atoms with van der Waals surface area (Å²) in [5.74, 6) is -3.28. The van der Waals surface area contributed by atoms with E-state index in [1.54, 1.807) is 72.2 Å². The molecule has 0 spiro atoms. The van der Waals surface area contributed by atoms with Crippen molar-refractivity contribution in [1.29, 1.82) is 0 Å². The fourth-order valence-electron chi connectivity index (χ4n) is 4.73. The Morgan fingerprint density at radius 3 is 1.74 bits per heavy atom. The van der Waals surface area contributed by atoms with Gasteiger partial charge in [-0.3, -0.25) is 14.5 Å². The van der Waals surface area contributed by atoms with Gasteiger partial charge in [0.15, 0.2) is 5.92 Å². The molecule has 3 rings (SSSR count). The van der Waals surface area contributed by atoms with Crippen molar-refractivity contribution in [2.75, 3.05) is 25.2 Å². The molecule has 8 heteroatoms. The molecule has 0 unspecified atom stereocenters. The summed E-state index contributed by atoms with van der Waals surface area (Å²) in [6, 6.07) is 25.8. The lowest BCUT2D eigenvalue weighted by atomic mass is 9.73. The Hall–Kier alpha value is -4.59. The van der Waals surface area contributed by atoms with Crippen LogP contribution in [0.5, 0.6) is 5.75 Å². The summed E-state index contributed by atoms with van der Waals surface area (Å²) in [4.78, 5) is 41.8. The molecule has 0 aliphatic heterocycles. The van der Waals surface area contributed by atoms with Crippen molar-refractivity contribution >= 4 is 23.7 Å². The van der Waals surface area contributed by atoms with E-state index in [1.165, 1.54) is 4.90 Å². The van der Waals surface area contributed by atoms with Gasteiger partial charge in [-0.2, -0.15) is 0 Å². The smallest absolute Gasteiger partial charge is 0.418 e. The predicted molar refractivity (Wildman–Crippen MR) is 166 cm³/mol. The van der Waals surface area contributed by atoms with Gasteiger partial charge >= 0.3 is 18.0 Å². The van der Waals surface area contributed by atoms with Gasteiger partial charge in [0.05, 0.1) is 26.0 Å². The molecule has 43 heavy (non-hydrogen) atoms. The average molecular weight is 588 g/mol. The van der Waals surface area contributed by atoms with Crippen LogP contribution < -0.4 is 9.64 Å². The predicted octanol–water partition coefficient (Wildman–Crippen LogP) is 7.26. The van der Waals surface area contributed by atoms with Gasteiger partial charge in [-0.1, -0.05) is 66.7 Å². The topological polar surface area (TPSA) is 91.4 Å². The number of rotatable bonds is 12. The van der Waals surface area contributed by atoms with Crippen molar-refractivity contribution in [1.82, 2.24) is 0 Å². The van der Waals surface area contributed by atoms with Crippen LogP contribution in [0.25, 0.3) is 0 Å². The van der Waals surface area contributed by atoms with Crippen LogP contribution in [0.3, 0.4) is 0 Å². The number of benzene rings is 3. The number of ether oxygens (including phenoxy) is 4.